The normalized spacial score (nSPS) is 27.9. The standard InChI is InChI=1S/C38H48N6O10S/c1-5-25-17-38(25,34(48)42-55(51,52)27-13-14-27)41-32(46)30-16-26-20-44(30)33(47)29(18-39-31(45)6-2)40-35(49)53-22-37(3,4)15-8-7-10-23-11-9-12-24-19-43(21-28(23)24)36(50)54-26/h5-7,9-12,25-27,29-30H,1-2,8,13-22H2,3-4H3,(H,39,45)(H,40,49)(H,41,46)(H,42,48)/t25-,26?,29+,30+,38-/m1/s1. The molecule has 17 heteroatoms. The minimum atomic E-state index is -3.95. The van der Waals surface area contributed by atoms with Crippen LogP contribution in [0.25, 0.3) is 6.08 Å². The van der Waals surface area contributed by atoms with Crippen molar-refractivity contribution in [3.8, 4) is 0 Å². The van der Waals surface area contributed by atoms with Gasteiger partial charge in [-0.1, -0.05) is 56.9 Å². The second-order valence-corrected chi connectivity index (χ2v) is 17.6. The lowest BCUT2D eigenvalue weighted by Gasteiger charge is -2.30. The summed E-state index contributed by atoms with van der Waals surface area (Å²) < 4.78 is 38.9. The van der Waals surface area contributed by atoms with Gasteiger partial charge in [-0.25, -0.2) is 18.0 Å². The van der Waals surface area contributed by atoms with Gasteiger partial charge in [-0.3, -0.25) is 28.8 Å². The van der Waals surface area contributed by atoms with E-state index in [0.29, 0.717) is 32.2 Å². The zero-order valence-corrected chi connectivity index (χ0v) is 31.8. The van der Waals surface area contributed by atoms with E-state index in [4.69, 9.17) is 9.47 Å². The van der Waals surface area contributed by atoms with E-state index in [9.17, 15) is 37.2 Å². The molecule has 1 unspecified atom stereocenters. The highest BCUT2D eigenvalue weighted by atomic mass is 32.2. The van der Waals surface area contributed by atoms with Crippen molar-refractivity contribution in [2.45, 2.75) is 94.4 Å². The molecule has 16 nitrogen and oxygen atoms in total. The smallest absolute Gasteiger partial charge is 0.410 e. The number of amides is 6. The van der Waals surface area contributed by atoms with E-state index in [1.807, 2.05) is 44.2 Å². The molecule has 6 amide bonds. The van der Waals surface area contributed by atoms with Crippen molar-refractivity contribution in [3.05, 3.63) is 66.3 Å². The molecule has 55 heavy (non-hydrogen) atoms. The molecule has 1 aromatic rings. The first kappa shape index (κ1) is 39.5. The molecule has 5 atom stereocenters. The second-order valence-electron chi connectivity index (χ2n) is 15.6. The summed E-state index contributed by atoms with van der Waals surface area (Å²) >= 11 is 0. The zero-order valence-electron chi connectivity index (χ0n) is 31.0. The number of benzene rings is 1. The summed E-state index contributed by atoms with van der Waals surface area (Å²) in [5.41, 5.74) is 0.800. The Morgan fingerprint density at radius 2 is 1.87 bits per heavy atom. The molecule has 0 radical (unpaired) electrons. The molecule has 3 fully saturated rings. The van der Waals surface area contributed by atoms with E-state index in [0.717, 1.165) is 27.7 Å². The number of cyclic esters (lactones) is 1. The lowest BCUT2D eigenvalue weighted by atomic mass is 9.88. The molecular weight excluding hydrogens is 733 g/mol. The number of hydrogen-bond acceptors (Lipinski definition) is 10. The van der Waals surface area contributed by atoms with Crippen molar-refractivity contribution in [3.63, 3.8) is 0 Å². The van der Waals surface area contributed by atoms with Crippen molar-refractivity contribution in [1.29, 1.82) is 0 Å². The highest BCUT2D eigenvalue weighted by molar-refractivity contribution is 7.91. The van der Waals surface area contributed by atoms with Crippen molar-refractivity contribution in [2.24, 2.45) is 11.3 Å². The Bertz CT molecular complexity index is 1930. The summed E-state index contributed by atoms with van der Waals surface area (Å²) in [4.78, 5) is 83.6. The van der Waals surface area contributed by atoms with E-state index < -0.39 is 92.7 Å². The van der Waals surface area contributed by atoms with Crippen LogP contribution in [0.3, 0.4) is 0 Å². The summed E-state index contributed by atoms with van der Waals surface area (Å²) in [5.74, 6) is -3.75. The van der Waals surface area contributed by atoms with Gasteiger partial charge in [0.1, 0.15) is 23.7 Å². The highest BCUT2D eigenvalue weighted by Gasteiger charge is 2.62. The number of nitrogens with one attached hydrogen (secondary N) is 4. The number of rotatable bonds is 9. The maximum atomic E-state index is 14.4. The largest absolute Gasteiger partial charge is 0.449 e. The monoisotopic (exact) mass is 780 g/mol. The van der Waals surface area contributed by atoms with Crippen molar-refractivity contribution < 1.29 is 46.7 Å². The van der Waals surface area contributed by atoms with Gasteiger partial charge < -0.3 is 30.3 Å². The van der Waals surface area contributed by atoms with Crippen LogP contribution in [0.15, 0.2) is 49.6 Å². The van der Waals surface area contributed by atoms with Gasteiger partial charge in [-0.15, -0.1) is 6.58 Å². The van der Waals surface area contributed by atoms with E-state index in [-0.39, 0.29) is 32.5 Å². The van der Waals surface area contributed by atoms with E-state index in [1.165, 1.54) is 11.0 Å². The van der Waals surface area contributed by atoms with Gasteiger partial charge in [-0.05, 0) is 60.3 Å². The van der Waals surface area contributed by atoms with Crippen LogP contribution in [0.4, 0.5) is 9.59 Å². The Balaban J connectivity index is 1.29. The van der Waals surface area contributed by atoms with Gasteiger partial charge in [-0.2, -0.15) is 0 Å². The zero-order chi connectivity index (χ0) is 39.7. The Hall–Kier alpha value is -5.19. The predicted octanol–water partition coefficient (Wildman–Crippen LogP) is 2.01. The molecule has 2 aliphatic carbocycles. The van der Waals surface area contributed by atoms with Crippen molar-refractivity contribution >= 4 is 51.9 Å². The lowest BCUT2D eigenvalue weighted by molar-refractivity contribution is -0.141. The highest BCUT2D eigenvalue weighted by Crippen LogP contribution is 2.45. The molecule has 1 saturated heterocycles. The summed E-state index contributed by atoms with van der Waals surface area (Å²) in [6.07, 6.45) is 5.94. The molecule has 2 saturated carbocycles. The number of carbonyl (C=O) groups excluding carboxylic acids is 6. The molecule has 3 heterocycles. The average Bonchev–Trinajstić information content (AvgIpc) is 4.04. The van der Waals surface area contributed by atoms with Gasteiger partial charge >= 0.3 is 12.2 Å². The van der Waals surface area contributed by atoms with E-state index in [2.05, 4.69) is 33.8 Å². The van der Waals surface area contributed by atoms with Crippen LogP contribution in [0.2, 0.25) is 0 Å². The Kier molecular flexibility index (Phi) is 11.1. The van der Waals surface area contributed by atoms with Crippen molar-refractivity contribution in [2.75, 3.05) is 19.7 Å². The third kappa shape index (κ3) is 8.87. The molecule has 3 aliphatic heterocycles. The molecule has 6 rings (SSSR count). The lowest BCUT2D eigenvalue weighted by Crippen LogP contribution is -2.59. The molecule has 1 aromatic carbocycles. The molecule has 4 N–H and O–H groups in total. The van der Waals surface area contributed by atoms with Crippen LogP contribution in [0, 0.1) is 11.3 Å². The number of sulfonamides is 1. The van der Waals surface area contributed by atoms with Crippen LogP contribution in [0.5, 0.6) is 0 Å². The molecular formula is C38H48N6O10S. The fraction of sp³-hybridized carbons (Fsp3) is 0.526. The molecule has 296 valence electrons. The summed E-state index contributed by atoms with van der Waals surface area (Å²) in [6.45, 7) is 10.9. The third-order valence-electron chi connectivity index (χ3n) is 10.8. The van der Waals surface area contributed by atoms with Crippen LogP contribution in [0.1, 0.15) is 69.1 Å². The number of fused-ring (bicyclic) bond motifs is 3. The van der Waals surface area contributed by atoms with Crippen LogP contribution < -0.4 is 20.7 Å². The number of alkyl carbamates (subject to hydrolysis) is 1. The minimum absolute atomic E-state index is 0.0140. The minimum Gasteiger partial charge on any atom is -0.449 e. The van der Waals surface area contributed by atoms with E-state index >= 15 is 0 Å². The van der Waals surface area contributed by atoms with Gasteiger partial charge in [0.05, 0.1) is 24.9 Å². The Morgan fingerprint density at radius 1 is 1.11 bits per heavy atom. The topological polar surface area (TPSA) is 210 Å². The number of nitrogens with zero attached hydrogens (tertiary/aromatic N) is 2. The van der Waals surface area contributed by atoms with Gasteiger partial charge in [0.2, 0.25) is 27.7 Å². The molecule has 0 spiro atoms. The quantitative estimate of drug-likeness (QED) is 0.212. The summed E-state index contributed by atoms with van der Waals surface area (Å²) in [7, 11) is -3.95. The Labute approximate surface area is 320 Å². The van der Waals surface area contributed by atoms with Gasteiger partial charge in [0.15, 0.2) is 0 Å². The van der Waals surface area contributed by atoms with Crippen LogP contribution >= 0.6 is 0 Å². The molecule has 4 bridgehead atoms. The number of ether oxygens (including phenoxy) is 2. The number of carbonyl (C=O) groups is 6. The Morgan fingerprint density at radius 3 is 2.56 bits per heavy atom. The summed E-state index contributed by atoms with van der Waals surface area (Å²) in [6, 6.07) is 3.06. The first-order chi connectivity index (χ1) is 26.1. The van der Waals surface area contributed by atoms with Crippen molar-refractivity contribution in [1.82, 2.24) is 30.5 Å². The fourth-order valence-corrected chi connectivity index (χ4v) is 8.58. The first-order valence-corrected chi connectivity index (χ1v) is 20.0. The molecule has 0 aromatic heterocycles. The number of allylic oxidation sites excluding steroid dienone is 1. The third-order valence-corrected chi connectivity index (χ3v) is 12.6. The predicted molar refractivity (Wildman–Crippen MR) is 199 cm³/mol. The van der Waals surface area contributed by atoms with Gasteiger partial charge in [0, 0.05) is 25.4 Å². The molecule has 5 aliphatic rings. The SMILES string of the molecule is C=CC(=O)NC[C@@H]1NC(=O)OCC(C)(C)CCC=Cc2cccc3c2CN(C3)C(=O)OC2C[C@@H](C(=O)N[C@]3(C(=O)NS(=O)(=O)C4CC4)C[C@H]3C=C)N(C2)C1=O. The fourth-order valence-electron chi connectivity index (χ4n) is 7.22. The number of hydrogen-bond donors (Lipinski definition) is 4. The maximum absolute atomic E-state index is 14.4. The van der Waals surface area contributed by atoms with Crippen LogP contribution in [-0.2, 0) is 51.8 Å². The average molecular weight is 781 g/mol. The second kappa shape index (κ2) is 15.5. The maximum Gasteiger partial charge on any atom is 0.410 e. The first-order valence-electron chi connectivity index (χ1n) is 18.4. The van der Waals surface area contributed by atoms with Gasteiger partial charge in [0.25, 0.3) is 5.91 Å². The van der Waals surface area contributed by atoms with E-state index in [1.54, 1.807) is 0 Å². The van der Waals surface area contributed by atoms with Crippen LogP contribution in [-0.4, -0.2) is 103 Å². The summed E-state index contributed by atoms with van der Waals surface area (Å²) in [5, 5.41) is 7.01.